The summed E-state index contributed by atoms with van der Waals surface area (Å²) in [5.41, 5.74) is 1.39. The largest absolute Gasteiger partial charge is 0.312 e. The smallest absolute Gasteiger partial charge is 0.0332 e. The van der Waals surface area contributed by atoms with E-state index in [0.717, 1.165) is 19.6 Å². The fourth-order valence-electron chi connectivity index (χ4n) is 2.32. The van der Waals surface area contributed by atoms with Crippen molar-refractivity contribution in [2.75, 3.05) is 19.6 Å². The van der Waals surface area contributed by atoms with Crippen LogP contribution in [-0.2, 0) is 0 Å². The number of hydrogen-bond acceptors (Lipinski definition) is 2. The number of nitrogens with one attached hydrogen (secondary N) is 1. The predicted octanol–water partition coefficient (Wildman–Crippen LogP) is 2.80. The Hall–Kier alpha value is -0.380. The molecule has 0 spiro atoms. The van der Waals surface area contributed by atoms with Gasteiger partial charge in [0, 0.05) is 36.2 Å². The van der Waals surface area contributed by atoms with Crippen molar-refractivity contribution in [3.05, 3.63) is 34.3 Å². The third kappa shape index (κ3) is 2.65. The van der Waals surface area contributed by atoms with Gasteiger partial charge in [0.15, 0.2) is 0 Å². The zero-order chi connectivity index (χ0) is 11.5. The van der Waals surface area contributed by atoms with E-state index in [4.69, 9.17) is 0 Å². The predicted molar refractivity (Wildman–Crippen MR) is 71.6 cm³/mol. The number of benzene rings is 1. The van der Waals surface area contributed by atoms with Crippen molar-refractivity contribution in [3.8, 4) is 0 Å². The molecule has 1 aliphatic rings. The van der Waals surface area contributed by atoms with E-state index in [0.29, 0.717) is 12.1 Å². The highest BCUT2D eigenvalue weighted by Crippen LogP contribution is 2.27. The van der Waals surface area contributed by atoms with Crippen LogP contribution in [0.4, 0.5) is 0 Å². The number of halogens is 1. The quantitative estimate of drug-likeness (QED) is 0.898. The van der Waals surface area contributed by atoms with Crippen LogP contribution in [0.2, 0.25) is 0 Å². The van der Waals surface area contributed by atoms with Crippen LogP contribution < -0.4 is 5.32 Å². The summed E-state index contributed by atoms with van der Waals surface area (Å²) in [7, 11) is 0. The number of piperazine rings is 1. The first-order valence-corrected chi connectivity index (χ1v) is 6.69. The molecule has 0 aliphatic carbocycles. The lowest BCUT2D eigenvalue weighted by atomic mass is 10.1. The summed E-state index contributed by atoms with van der Waals surface area (Å²) in [6.45, 7) is 7.89. The highest BCUT2D eigenvalue weighted by Gasteiger charge is 2.22. The number of hydrogen-bond donors (Lipinski definition) is 1. The van der Waals surface area contributed by atoms with Gasteiger partial charge in [-0.2, -0.15) is 0 Å². The monoisotopic (exact) mass is 282 g/mol. The summed E-state index contributed by atoms with van der Waals surface area (Å²) in [5.74, 6) is 0. The van der Waals surface area contributed by atoms with Gasteiger partial charge < -0.3 is 5.32 Å². The molecule has 0 aromatic heterocycles. The summed E-state index contributed by atoms with van der Waals surface area (Å²) in [5, 5.41) is 3.48. The molecule has 88 valence electrons. The van der Waals surface area contributed by atoms with Crippen molar-refractivity contribution < 1.29 is 0 Å². The molecule has 1 aliphatic heterocycles. The molecular weight excluding hydrogens is 264 g/mol. The maximum absolute atomic E-state index is 3.64. The Bertz CT molecular complexity index is 354. The molecule has 2 unspecified atom stereocenters. The molecule has 2 atom stereocenters. The second kappa shape index (κ2) is 5.30. The normalized spacial score (nSPS) is 24.3. The van der Waals surface area contributed by atoms with Gasteiger partial charge in [-0.25, -0.2) is 0 Å². The molecule has 0 saturated carbocycles. The van der Waals surface area contributed by atoms with Crippen LogP contribution in [0.3, 0.4) is 0 Å². The summed E-state index contributed by atoms with van der Waals surface area (Å²) >= 11 is 3.64. The van der Waals surface area contributed by atoms with Crippen molar-refractivity contribution in [2.45, 2.75) is 25.9 Å². The summed E-state index contributed by atoms with van der Waals surface area (Å²) < 4.78 is 1.22. The van der Waals surface area contributed by atoms with E-state index in [1.54, 1.807) is 0 Å². The lowest BCUT2D eigenvalue weighted by Crippen LogP contribution is -2.49. The van der Waals surface area contributed by atoms with Gasteiger partial charge in [-0.3, -0.25) is 4.90 Å². The first-order valence-electron chi connectivity index (χ1n) is 5.90. The van der Waals surface area contributed by atoms with Crippen molar-refractivity contribution in [3.63, 3.8) is 0 Å². The van der Waals surface area contributed by atoms with Gasteiger partial charge in [-0.15, -0.1) is 0 Å². The van der Waals surface area contributed by atoms with Gasteiger partial charge in [0.05, 0.1) is 0 Å². The summed E-state index contributed by atoms with van der Waals surface area (Å²) in [4.78, 5) is 2.54. The molecule has 0 radical (unpaired) electrons. The standard InChI is InChI=1S/C13H19BrN2/c1-10-9-16(8-7-15-10)11(2)12-5-3-4-6-13(12)14/h3-6,10-11,15H,7-9H2,1-2H3. The van der Waals surface area contributed by atoms with Gasteiger partial charge >= 0.3 is 0 Å². The Morgan fingerprint density at radius 1 is 1.44 bits per heavy atom. The average Bonchev–Trinajstić information content (AvgIpc) is 2.29. The SMILES string of the molecule is CC1CN(C(C)c2ccccc2Br)CCN1. The molecule has 3 heteroatoms. The minimum absolute atomic E-state index is 0.486. The molecule has 1 N–H and O–H groups in total. The molecule has 1 fully saturated rings. The Morgan fingerprint density at radius 2 is 2.19 bits per heavy atom. The molecule has 1 heterocycles. The Balaban J connectivity index is 2.12. The molecule has 1 saturated heterocycles. The van der Waals surface area contributed by atoms with Crippen LogP contribution in [0.5, 0.6) is 0 Å². The van der Waals surface area contributed by atoms with Gasteiger partial charge in [-0.05, 0) is 25.5 Å². The van der Waals surface area contributed by atoms with Gasteiger partial charge in [-0.1, -0.05) is 34.1 Å². The molecule has 16 heavy (non-hydrogen) atoms. The maximum atomic E-state index is 3.64. The number of nitrogens with zero attached hydrogens (tertiary/aromatic N) is 1. The molecule has 1 aromatic carbocycles. The minimum Gasteiger partial charge on any atom is -0.312 e. The number of rotatable bonds is 2. The Labute approximate surface area is 106 Å². The molecular formula is C13H19BrN2. The fourth-order valence-corrected chi connectivity index (χ4v) is 2.94. The maximum Gasteiger partial charge on any atom is 0.0332 e. The van der Waals surface area contributed by atoms with Crippen molar-refractivity contribution in [1.29, 1.82) is 0 Å². The van der Waals surface area contributed by atoms with E-state index < -0.39 is 0 Å². The molecule has 2 rings (SSSR count). The van der Waals surface area contributed by atoms with Crippen LogP contribution in [0, 0.1) is 0 Å². The van der Waals surface area contributed by atoms with E-state index in [2.05, 4.69) is 64.3 Å². The Morgan fingerprint density at radius 3 is 2.88 bits per heavy atom. The van der Waals surface area contributed by atoms with E-state index in [-0.39, 0.29) is 0 Å². The van der Waals surface area contributed by atoms with Crippen molar-refractivity contribution in [2.24, 2.45) is 0 Å². The molecule has 0 bridgehead atoms. The van der Waals surface area contributed by atoms with E-state index in [9.17, 15) is 0 Å². The third-order valence-corrected chi connectivity index (χ3v) is 4.03. The summed E-state index contributed by atoms with van der Waals surface area (Å²) in [6.07, 6.45) is 0. The van der Waals surface area contributed by atoms with Gasteiger partial charge in [0.2, 0.25) is 0 Å². The van der Waals surface area contributed by atoms with Crippen LogP contribution >= 0.6 is 15.9 Å². The third-order valence-electron chi connectivity index (χ3n) is 3.30. The average molecular weight is 283 g/mol. The van der Waals surface area contributed by atoms with E-state index in [1.807, 2.05) is 0 Å². The van der Waals surface area contributed by atoms with Gasteiger partial charge in [0.25, 0.3) is 0 Å². The zero-order valence-corrected chi connectivity index (χ0v) is 11.5. The first kappa shape index (κ1) is 12.1. The van der Waals surface area contributed by atoms with Gasteiger partial charge in [0.1, 0.15) is 0 Å². The fraction of sp³-hybridized carbons (Fsp3) is 0.538. The topological polar surface area (TPSA) is 15.3 Å². The Kier molecular flexibility index (Phi) is 4.00. The second-order valence-corrected chi connectivity index (χ2v) is 5.40. The van der Waals surface area contributed by atoms with E-state index in [1.165, 1.54) is 10.0 Å². The van der Waals surface area contributed by atoms with Crippen molar-refractivity contribution >= 4 is 15.9 Å². The highest BCUT2D eigenvalue weighted by molar-refractivity contribution is 9.10. The molecule has 1 aromatic rings. The first-order chi connectivity index (χ1) is 7.68. The summed E-state index contributed by atoms with van der Waals surface area (Å²) in [6, 6.07) is 9.60. The zero-order valence-electron chi connectivity index (χ0n) is 9.91. The van der Waals surface area contributed by atoms with Crippen LogP contribution in [0.1, 0.15) is 25.5 Å². The van der Waals surface area contributed by atoms with Crippen LogP contribution in [0.25, 0.3) is 0 Å². The van der Waals surface area contributed by atoms with Crippen LogP contribution in [0.15, 0.2) is 28.7 Å². The van der Waals surface area contributed by atoms with E-state index >= 15 is 0 Å². The highest BCUT2D eigenvalue weighted by atomic mass is 79.9. The molecule has 2 nitrogen and oxygen atoms in total. The minimum atomic E-state index is 0.486. The lowest BCUT2D eigenvalue weighted by Gasteiger charge is -2.36. The molecule has 0 amide bonds. The van der Waals surface area contributed by atoms with Crippen LogP contribution in [-0.4, -0.2) is 30.6 Å². The second-order valence-electron chi connectivity index (χ2n) is 4.55. The van der Waals surface area contributed by atoms with Crippen molar-refractivity contribution in [1.82, 2.24) is 10.2 Å². The lowest BCUT2D eigenvalue weighted by molar-refractivity contribution is 0.158.